The Bertz CT molecular complexity index is 744. The molecule has 1 unspecified atom stereocenters. The maximum absolute atomic E-state index is 12.3. The smallest absolute Gasteiger partial charge is 0.231 e. The van der Waals surface area contributed by atoms with Crippen molar-refractivity contribution < 1.29 is 14.3 Å². The highest BCUT2D eigenvalue weighted by Gasteiger charge is 2.20. The number of fused-ring (bicyclic) bond motifs is 1. The third kappa shape index (κ3) is 2.79. The van der Waals surface area contributed by atoms with Crippen molar-refractivity contribution >= 4 is 5.78 Å². The summed E-state index contributed by atoms with van der Waals surface area (Å²) in [6.07, 6.45) is 0.152. The van der Waals surface area contributed by atoms with Gasteiger partial charge in [-0.3, -0.25) is 4.79 Å². The number of aryl methyl sites for hydroxylation is 1. The number of ketones is 1. The number of Topliss-reactive ketones (excluding diaryl/α,β-unsaturated/α-hetero) is 1. The van der Waals surface area contributed by atoms with Gasteiger partial charge in [-0.25, -0.2) is 0 Å². The third-order valence-electron chi connectivity index (χ3n) is 3.72. The molecule has 0 aliphatic carbocycles. The fraction of sp³-hybridized carbons (Fsp3) is 0.222. The van der Waals surface area contributed by atoms with Gasteiger partial charge in [0, 0.05) is 12.0 Å². The predicted octanol–water partition coefficient (Wildman–Crippen LogP) is 3.60. The van der Waals surface area contributed by atoms with Crippen LogP contribution in [0.2, 0.25) is 0 Å². The maximum Gasteiger partial charge on any atom is 0.231 e. The van der Waals surface area contributed by atoms with Crippen LogP contribution >= 0.6 is 0 Å². The summed E-state index contributed by atoms with van der Waals surface area (Å²) in [4.78, 5) is 12.3. The second-order valence-corrected chi connectivity index (χ2v) is 5.29. The van der Waals surface area contributed by atoms with Crippen molar-refractivity contribution in [1.29, 1.82) is 5.26 Å². The highest BCUT2D eigenvalue weighted by Crippen LogP contribution is 2.35. The van der Waals surface area contributed by atoms with E-state index in [9.17, 15) is 10.1 Å². The molecule has 4 nitrogen and oxygen atoms in total. The summed E-state index contributed by atoms with van der Waals surface area (Å²) in [6, 6.07) is 15.0. The zero-order valence-electron chi connectivity index (χ0n) is 12.2. The van der Waals surface area contributed by atoms with Gasteiger partial charge in [0.1, 0.15) is 0 Å². The zero-order chi connectivity index (χ0) is 15.5. The second kappa shape index (κ2) is 5.90. The first-order chi connectivity index (χ1) is 10.7. The Balaban J connectivity index is 1.78. The van der Waals surface area contributed by atoms with E-state index in [2.05, 4.69) is 6.07 Å². The van der Waals surface area contributed by atoms with Crippen LogP contribution < -0.4 is 9.47 Å². The number of nitriles is 1. The van der Waals surface area contributed by atoms with Crippen molar-refractivity contribution in [3.05, 3.63) is 59.2 Å². The standard InChI is InChI=1S/C18H15NO3/c1-12-2-4-13(5-3-12)16(20)8-15(10-19)14-6-7-17-18(9-14)22-11-21-17/h2-7,9,15H,8,11H2,1H3. The van der Waals surface area contributed by atoms with Gasteiger partial charge in [0.25, 0.3) is 0 Å². The average molecular weight is 293 g/mol. The lowest BCUT2D eigenvalue weighted by atomic mass is 9.92. The molecular weight excluding hydrogens is 278 g/mol. The molecule has 1 atom stereocenters. The van der Waals surface area contributed by atoms with Crippen molar-refractivity contribution in [3.63, 3.8) is 0 Å². The van der Waals surface area contributed by atoms with Crippen molar-refractivity contribution in [2.75, 3.05) is 6.79 Å². The number of carbonyl (C=O) groups excluding carboxylic acids is 1. The molecule has 2 aromatic carbocycles. The summed E-state index contributed by atoms with van der Waals surface area (Å²) < 4.78 is 10.6. The van der Waals surface area contributed by atoms with Gasteiger partial charge in [-0.2, -0.15) is 5.26 Å². The van der Waals surface area contributed by atoms with Gasteiger partial charge in [-0.05, 0) is 24.6 Å². The molecule has 0 radical (unpaired) electrons. The zero-order valence-corrected chi connectivity index (χ0v) is 12.2. The van der Waals surface area contributed by atoms with Crippen LogP contribution in [-0.2, 0) is 0 Å². The van der Waals surface area contributed by atoms with Gasteiger partial charge in [0.05, 0.1) is 12.0 Å². The van der Waals surface area contributed by atoms with Crippen LogP contribution in [-0.4, -0.2) is 12.6 Å². The van der Waals surface area contributed by atoms with Crippen molar-refractivity contribution in [2.45, 2.75) is 19.3 Å². The van der Waals surface area contributed by atoms with E-state index < -0.39 is 5.92 Å². The maximum atomic E-state index is 12.3. The van der Waals surface area contributed by atoms with Crippen LogP contribution in [0.3, 0.4) is 0 Å². The van der Waals surface area contributed by atoms with Gasteiger partial charge in [0.15, 0.2) is 17.3 Å². The molecule has 4 heteroatoms. The minimum atomic E-state index is -0.497. The summed E-state index contributed by atoms with van der Waals surface area (Å²) in [5, 5.41) is 9.39. The lowest BCUT2D eigenvalue weighted by Gasteiger charge is -2.10. The molecule has 0 N–H and O–H groups in total. The molecule has 0 amide bonds. The molecule has 0 aromatic heterocycles. The van der Waals surface area contributed by atoms with Crippen LogP contribution in [0, 0.1) is 18.3 Å². The number of rotatable bonds is 4. The van der Waals surface area contributed by atoms with Crippen LogP contribution in [0.4, 0.5) is 0 Å². The van der Waals surface area contributed by atoms with Crippen LogP contribution in [0.1, 0.15) is 33.8 Å². The monoisotopic (exact) mass is 293 g/mol. The van der Waals surface area contributed by atoms with Gasteiger partial charge in [-0.1, -0.05) is 35.9 Å². The van der Waals surface area contributed by atoms with Gasteiger partial charge in [0.2, 0.25) is 6.79 Å². The molecule has 3 rings (SSSR count). The molecule has 1 aliphatic rings. The normalized spacial score (nSPS) is 13.5. The molecule has 0 bridgehead atoms. The first kappa shape index (κ1) is 14.2. The van der Waals surface area contributed by atoms with Crippen molar-refractivity contribution in [3.8, 4) is 17.6 Å². The van der Waals surface area contributed by atoms with E-state index in [4.69, 9.17) is 9.47 Å². The van der Waals surface area contributed by atoms with Crippen molar-refractivity contribution in [1.82, 2.24) is 0 Å². The van der Waals surface area contributed by atoms with Gasteiger partial charge in [-0.15, -0.1) is 0 Å². The molecule has 22 heavy (non-hydrogen) atoms. The fourth-order valence-electron chi connectivity index (χ4n) is 2.41. The minimum Gasteiger partial charge on any atom is -0.454 e. The Morgan fingerprint density at radius 3 is 2.64 bits per heavy atom. The second-order valence-electron chi connectivity index (χ2n) is 5.29. The molecule has 0 spiro atoms. The van der Waals surface area contributed by atoms with E-state index in [1.807, 2.05) is 25.1 Å². The lowest BCUT2D eigenvalue weighted by molar-refractivity contribution is 0.0979. The predicted molar refractivity (Wildman–Crippen MR) is 81.0 cm³/mol. The van der Waals surface area contributed by atoms with Crippen LogP contribution in [0.25, 0.3) is 0 Å². The number of carbonyl (C=O) groups is 1. The SMILES string of the molecule is Cc1ccc(C(=O)CC(C#N)c2ccc3c(c2)OCO3)cc1. The molecule has 1 heterocycles. The Morgan fingerprint density at radius 2 is 1.91 bits per heavy atom. The van der Waals surface area contributed by atoms with E-state index in [1.54, 1.807) is 24.3 Å². The number of hydrogen-bond acceptors (Lipinski definition) is 4. The van der Waals surface area contributed by atoms with Crippen LogP contribution in [0.15, 0.2) is 42.5 Å². The number of benzene rings is 2. The summed E-state index contributed by atoms with van der Waals surface area (Å²) >= 11 is 0. The summed E-state index contributed by atoms with van der Waals surface area (Å²) in [5.74, 6) is 0.762. The summed E-state index contributed by atoms with van der Waals surface area (Å²) in [5.41, 5.74) is 2.50. The molecule has 2 aromatic rings. The molecule has 0 saturated carbocycles. The van der Waals surface area contributed by atoms with E-state index >= 15 is 0 Å². The first-order valence-electron chi connectivity index (χ1n) is 7.06. The molecule has 0 fully saturated rings. The fourth-order valence-corrected chi connectivity index (χ4v) is 2.41. The third-order valence-corrected chi connectivity index (χ3v) is 3.72. The van der Waals surface area contributed by atoms with Gasteiger partial charge < -0.3 is 9.47 Å². The largest absolute Gasteiger partial charge is 0.454 e. The topological polar surface area (TPSA) is 59.3 Å². The Hall–Kier alpha value is -2.80. The Kier molecular flexibility index (Phi) is 3.80. The lowest BCUT2D eigenvalue weighted by Crippen LogP contribution is -2.06. The molecule has 1 aliphatic heterocycles. The highest BCUT2D eigenvalue weighted by atomic mass is 16.7. The minimum absolute atomic E-state index is 0.0378. The first-order valence-corrected chi connectivity index (χ1v) is 7.06. The van der Waals surface area contributed by atoms with Crippen LogP contribution in [0.5, 0.6) is 11.5 Å². The van der Waals surface area contributed by atoms with E-state index in [-0.39, 0.29) is 19.0 Å². The summed E-state index contributed by atoms with van der Waals surface area (Å²) in [6.45, 7) is 2.16. The number of ether oxygens (including phenoxy) is 2. The Labute approximate surface area is 128 Å². The Morgan fingerprint density at radius 1 is 1.18 bits per heavy atom. The van der Waals surface area contributed by atoms with Crippen molar-refractivity contribution in [2.24, 2.45) is 0 Å². The van der Waals surface area contributed by atoms with E-state index in [0.29, 0.717) is 17.1 Å². The highest BCUT2D eigenvalue weighted by molar-refractivity contribution is 5.96. The molecule has 0 saturated heterocycles. The quantitative estimate of drug-likeness (QED) is 0.808. The van der Waals surface area contributed by atoms with E-state index in [1.165, 1.54) is 0 Å². The average Bonchev–Trinajstić information content (AvgIpc) is 3.00. The number of nitrogens with zero attached hydrogens (tertiary/aromatic N) is 1. The summed E-state index contributed by atoms with van der Waals surface area (Å²) in [7, 11) is 0. The molecular formula is C18H15NO3. The van der Waals surface area contributed by atoms with Gasteiger partial charge >= 0.3 is 0 Å². The van der Waals surface area contributed by atoms with E-state index in [0.717, 1.165) is 11.1 Å². The molecule has 110 valence electrons. The number of hydrogen-bond donors (Lipinski definition) is 0.